The summed E-state index contributed by atoms with van der Waals surface area (Å²) >= 11 is 0. The molecule has 1 amide bonds. The number of ether oxygens (including phenoxy) is 1. The number of hydrogen-bond acceptors (Lipinski definition) is 5. The van der Waals surface area contributed by atoms with Gasteiger partial charge in [0.15, 0.2) is 0 Å². The van der Waals surface area contributed by atoms with E-state index in [1.165, 1.54) is 19.2 Å². The van der Waals surface area contributed by atoms with Crippen LogP contribution in [0, 0.1) is 0 Å². The number of aromatic nitrogens is 2. The normalized spacial score (nSPS) is 11.7. The first-order chi connectivity index (χ1) is 14.1. The lowest BCUT2D eigenvalue weighted by Crippen LogP contribution is -2.16. The molecule has 0 aliphatic heterocycles. The third kappa shape index (κ3) is 4.71. The number of carbonyl (C=O) groups excluding carboxylic acids is 1. The highest BCUT2D eigenvalue weighted by Gasteiger charge is 2.35. The maximum absolute atomic E-state index is 12.8. The molecule has 3 rings (SSSR count). The molecule has 0 unspecified atom stereocenters. The van der Waals surface area contributed by atoms with Crippen LogP contribution in [-0.2, 0) is 16.2 Å². The standard InChI is InChI=1S/C18H15F3N4O4S/c1-29-14-8-7-12(23-16(26)13-10-22-17(24-13)18(19,20)21)9-15(14)30(27,28)25-11-5-3-2-4-6-11/h2-10,25H,1H3,(H,22,24)(H,23,26). The van der Waals surface area contributed by atoms with Crippen LogP contribution >= 0.6 is 0 Å². The molecular weight excluding hydrogens is 425 g/mol. The highest BCUT2D eigenvalue weighted by Crippen LogP contribution is 2.29. The molecule has 0 bridgehead atoms. The number of hydrogen-bond donors (Lipinski definition) is 3. The summed E-state index contributed by atoms with van der Waals surface area (Å²) in [6.07, 6.45) is -4.00. The van der Waals surface area contributed by atoms with Crippen molar-refractivity contribution in [1.29, 1.82) is 0 Å². The number of para-hydroxylation sites is 1. The third-order valence-corrected chi connectivity index (χ3v) is 5.23. The van der Waals surface area contributed by atoms with Gasteiger partial charge in [-0.1, -0.05) is 18.2 Å². The Bertz CT molecular complexity index is 1160. The molecule has 0 saturated heterocycles. The van der Waals surface area contributed by atoms with Gasteiger partial charge in [0.1, 0.15) is 16.3 Å². The molecule has 158 valence electrons. The van der Waals surface area contributed by atoms with Gasteiger partial charge >= 0.3 is 6.18 Å². The summed E-state index contributed by atoms with van der Waals surface area (Å²) in [6, 6.07) is 11.9. The average molecular weight is 440 g/mol. The van der Waals surface area contributed by atoms with Gasteiger partial charge in [-0.2, -0.15) is 13.2 Å². The molecular formula is C18H15F3N4O4S. The molecule has 0 atom stereocenters. The molecule has 8 nitrogen and oxygen atoms in total. The summed E-state index contributed by atoms with van der Waals surface area (Å²) in [5.74, 6) is -2.24. The van der Waals surface area contributed by atoms with Gasteiger partial charge in [-0.25, -0.2) is 13.4 Å². The van der Waals surface area contributed by atoms with Crippen LogP contribution in [0.5, 0.6) is 5.75 Å². The summed E-state index contributed by atoms with van der Waals surface area (Å²) in [6.45, 7) is 0. The number of alkyl halides is 3. The molecule has 3 aromatic rings. The summed E-state index contributed by atoms with van der Waals surface area (Å²) < 4.78 is 70.9. The van der Waals surface area contributed by atoms with Crippen molar-refractivity contribution in [2.75, 3.05) is 17.1 Å². The molecule has 3 N–H and O–H groups in total. The van der Waals surface area contributed by atoms with E-state index < -0.39 is 33.6 Å². The number of nitrogens with zero attached hydrogens (tertiary/aromatic N) is 1. The van der Waals surface area contributed by atoms with Crippen LogP contribution in [0.3, 0.4) is 0 Å². The Morgan fingerprint density at radius 3 is 2.40 bits per heavy atom. The number of aromatic amines is 1. The predicted molar refractivity (Wildman–Crippen MR) is 102 cm³/mol. The SMILES string of the molecule is COc1ccc(NC(=O)c2cnc(C(F)(F)F)[nH]2)cc1S(=O)(=O)Nc1ccccc1. The van der Waals surface area contributed by atoms with Gasteiger partial charge in [-0.15, -0.1) is 0 Å². The average Bonchev–Trinajstić information content (AvgIpc) is 3.19. The Morgan fingerprint density at radius 2 is 1.80 bits per heavy atom. The van der Waals surface area contributed by atoms with Gasteiger partial charge in [-0.3, -0.25) is 9.52 Å². The Kier molecular flexibility index (Phi) is 5.69. The number of methoxy groups -OCH3 is 1. The molecule has 0 aliphatic rings. The number of anilines is 2. The Labute approximate surface area is 169 Å². The van der Waals surface area contributed by atoms with Crippen molar-refractivity contribution in [1.82, 2.24) is 9.97 Å². The zero-order chi connectivity index (χ0) is 21.9. The molecule has 0 radical (unpaired) electrons. The minimum atomic E-state index is -4.73. The fourth-order valence-electron chi connectivity index (χ4n) is 2.46. The van der Waals surface area contributed by atoms with Crippen LogP contribution in [0.15, 0.2) is 59.6 Å². The summed E-state index contributed by atoms with van der Waals surface area (Å²) in [5.41, 5.74) is -0.103. The van der Waals surface area contributed by atoms with E-state index in [0.717, 1.165) is 12.3 Å². The molecule has 0 saturated carbocycles. The molecule has 0 fully saturated rings. The molecule has 0 spiro atoms. The zero-order valence-corrected chi connectivity index (χ0v) is 16.1. The zero-order valence-electron chi connectivity index (χ0n) is 15.3. The second kappa shape index (κ2) is 8.06. The van der Waals surface area contributed by atoms with E-state index in [1.54, 1.807) is 30.3 Å². The first-order valence-electron chi connectivity index (χ1n) is 8.29. The summed E-state index contributed by atoms with van der Waals surface area (Å²) in [5, 5.41) is 2.33. The first kappa shape index (κ1) is 21.2. The van der Waals surface area contributed by atoms with Gasteiger partial charge in [0.05, 0.1) is 13.3 Å². The number of H-pyrrole nitrogens is 1. The van der Waals surface area contributed by atoms with Crippen LogP contribution < -0.4 is 14.8 Å². The van der Waals surface area contributed by atoms with E-state index in [0.29, 0.717) is 5.69 Å². The molecule has 0 aliphatic carbocycles. The van der Waals surface area contributed by atoms with Crippen LogP contribution in [-0.4, -0.2) is 31.4 Å². The van der Waals surface area contributed by atoms with E-state index in [2.05, 4.69) is 15.0 Å². The van der Waals surface area contributed by atoms with Crippen molar-refractivity contribution in [2.24, 2.45) is 0 Å². The topological polar surface area (TPSA) is 113 Å². The van der Waals surface area contributed by atoms with Gasteiger partial charge in [-0.05, 0) is 30.3 Å². The van der Waals surface area contributed by atoms with Gasteiger partial charge in [0, 0.05) is 11.4 Å². The molecule has 2 aromatic carbocycles. The predicted octanol–water partition coefficient (Wildman–Crippen LogP) is 3.49. The molecule has 1 heterocycles. The number of rotatable bonds is 6. The van der Waals surface area contributed by atoms with E-state index in [-0.39, 0.29) is 16.3 Å². The smallest absolute Gasteiger partial charge is 0.449 e. The maximum Gasteiger partial charge on any atom is 0.449 e. The van der Waals surface area contributed by atoms with E-state index in [9.17, 15) is 26.4 Å². The van der Waals surface area contributed by atoms with Crippen LogP contribution in [0.4, 0.5) is 24.5 Å². The van der Waals surface area contributed by atoms with Crippen LogP contribution in [0.2, 0.25) is 0 Å². The van der Waals surface area contributed by atoms with Crippen molar-refractivity contribution >= 4 is 27.3 Å². The van der Waals surface area contributed by atoms with Crippen molar-refractivity contribution < 1.29 is 31.1 Å². The van der Waals surface area contributed by atoms with E-state index in [1.807, 2.05) is 4.98 Å². The van der Waals surface area contributed by atoms with Crippen LogP contribution in [0.1, 0.15) is 16.3 Å². The monoisotopic (exact) mass is 440 g/mol. The Hall–Kier alpha value is -3.54. The van der Waals surface area contributed by atoms with Gasteiger partial charge < -0.3 is 15.0 Å². The molecule has 1 aromatic heterocycles. The van der Waals surface area contributed by atoms with Crippen molar-refractivity contribution in [3.8, 4) is 5.75 Å². The number of nitrogens with one attached hydrogen (secondary N) is 3. The van der Waals surface area contributed by atoms with Crippen molar-refractivity contribution in [3.63, 3.8) is 0 Å². The van der Waals surface area contributed by atoms with Crippen molar-refractivity contribution in [2.45, 2.75) is 11.1 Å². The number of carbonyl (C=O) groups is 1. The Balaban J connectivity index is 1.87. The lowest BCUT2D eigenvalue weighted by molar-refractivity contribution is -0.144. The molecule has 30 heavy (non-hydrogen) atoms. The minimum Gasteiger partial charge on any atom is -0.495 e. The molecule has 12 heteroatoms. The number of benzene rings is 2. The highest BCUT2D eigenvalue weighted by atomic mass is 32.2. The van der Waals surface area contributed by atoms with Gasteiger partial charge in [0.25, 0.3) is 15.9 Å². The number of imidazole rings is 1. The fourth-order valence-corrected chi connectivity index (χ4v) is 3.71. The lowest BCUT2D eigenvalue weighted by Gasteiger charge is -2.13. The largest absolute Gasteiger partial charge is 0.495 e. The number of amides is 1. The quantitative estimate of drug-likeness (QED) is 0.543. The van der Waals surface area contributed by atoms with E-state index in [4.69, 9.17) is 4.74 Å². The summed E-state index contributed by atoms with van der Waals surface area (Å²) in [7, 11) is -2.81. The lowest BCUT2D eigenvalue weighted by atomic mass is 10.3. The third-order valence-electron chi connectivity index (χ3n) is 3.83. The Morgan fingerprint density at radius 1 is 1.10 bits per heavy atom. The van der Waals surface area contributed by atoms with Crippen molar-refractivity contribution in [3.05, 3.63) is 66.2 Å². The number of halogens is 3. The minimum absolute atomic E-state index is 0.0114. The van der Waals surface area contributed by atoms with Crippen LogP contribution in [0.25, 0.3) is 0 Å². The van der Waals surface area contributed by atoms with Gasteiger partial charge in [0.2, 0.25) is 5.82 Å². The highest BCUT2D eigenvalue weighted by molar-refractivity contribution is 7.92. The second-order valence-corrected chi connectivity index (χ2v) is 7.59. The maximum atomic E-state index is 12.8. The second-order valence-electron chi connectivity index (χ2n) is 5.93. The summed E-state index contributed by atoms with van der Waals surface area (Å²) in [4.78, 5) is 16.9. The van der Waals surface area contributed by atoms with E-state index >= 15 is 0 Å². The first-order valence-corrected chi connectivity index (χ1v) is 9.78. The number of sulfonamides is 1. The fraction of sp³-hybridized carbons (Fsp3) is 0.111.